The Morgan fingerprint density at radius 2 is 1.85 bits per heavy atom. The molecule has 0 bridgehead atoms. The van der Waals surface area contributed by atoms with Crippen LogP contribution in [0.1, 0.15) is 30.3 Å². The second-order valence-electron chi connectivity index (χ2n) is 7.14. The van der Waals surface area contributed by atoms with E-state index >= 15 is 0 Å². The van der Waals surface area contributed by atoms with Gasteiger partial charge in [-0.1, -0.05) is 18.2 Å². The van der Waals surface area contributed by atoms with Gasteiger partial charge in [0.2, 0.25) is 0 Å². The summed E-state index contributed by atoms with van der Waals surface area (Å²) in [5, 5.41) is 4.53. The molecule has 2 heterocycles. The minimum absolute atomic E-state index is 0.247. The van der Waals surface area contributed by atoms with Crippen LogP contribution in [0.15, 0.2) is 42.5 Å². The summed E-state index contributed by atoms with van der Waals surface area (Å²) in [6.07, 6.45) is 2.46. The Hall–Kier alpha value is -2.86. The molecular formula is C21H22N4O2. The lowest BCUT2D eigenvalue weighted by molar-refractivity contribution is 0.171. The van der Waals surface area contributed by atoms with E-state index < -0.39 is 0 Å². The molecule has 1 saturated carbocycles. The van der Waals surface area contributed by atoms with Crippen LogP contribution in [-0.4, -0.2) is 23.2 Å². The largest absolute Gasteiger partial charge is 0.486 e. The number of anilines is 1. The molecule has 3 N–H and O–H groups in total. The van der Waals surface area contributed by atoms with Gasteiger partial charge in [0.15, 0.2) is 11.5 Å². The van der Waals surface area contributed by atoms with E-state index in [1.54, 1.807) is 0 Å². The number of rotatable bonds is 5. The highest BCUT2D eigenvalue weighted by Gasteiger charge is 2.33. The summed E-state index contributed by atoms with van der Waals surface area (Å²) in [6.45, 7) is 1.78. The molecule has 1 fully saturated rings. The predicted octanol–water partition coefficient (Wildman–Crippen LogP) is 3.22. The molecule has 1 aliphatic carbocycles. The smallest absolute Gasteiger partial charge is 0.161 e. The minimum Gasteiger partial charge on any atom is -0.486 e. The molecule has 2 aromatic carbocycles. The Labute approximate surface area is 157 Å². The van der Waals surface area contributed by atoms with E-state index in [2.05, 4.69) is 27.4 Å². The van der Waals surface area contributed by atoms with Gasteiger partial charge in [-0.05, 0) is 48.6 Å². The number of nitrogens with zero attached hydrogens (tertiary/aromatic N) is 2. The molecule has 138 valence electrons. The molecule has 1 aromatic heterocycles. The summed E-state index contributed by atoms with van der Waals surface area (Å²) in [5.74, 6) is 3.53. The van der Waals surface area contributed by atoms with Gasteiger partial charge in [0.1, 0.15) is 24.9 Å². The third-order valence-corrected chi connectivity index (χ3v) is 5.18. The lowest BCUT2D eigenvalue weighted by atomic mass is 10.0. The number of benzene rings is 2. The third-order valence-electron chi connectivity index (χ3n) is 5.18. The molecule has 0 radical (unpaired) electrons. The highest BCUT2D eigenvalue weighted by Crippen LogP contribution is 2.43. The van der Waals surface area contributed by atoms with E-state index in [0.717, 1.165) is 28.2 Å². The van der Waals surface area contributed by atoms with Crippen LogP contribution in [0.25, 0.3) is 10.9 Å². The van der Waals surface area contributed by atoms with Gasteiger partial charge >= 0.3 is 0 Å². The van der Waals surface area contributed by atoms with E-state index in [1.165, 1.54) is 18.4 Å². The number of nitrogens with two attached hydrogens (primary N) is 1. The first-order valence-corrected chi connectivity index (χ1v) is 9.42. The normalized spacial score (nSPS) is 17.0. The zero-order chi connectivity index (χ0) is 18.2. The summed E-state index contributed by atoms with van der Waals surface area (Å²) >= 11 is 0. The molecular weight excluding hydrogens is 340 g/mol. The van der Waals surface area contributed by atoms with Crippen molar-refractivity contribution in [3.63, 3.8) is 0 Å². The average Bonchev–Trinajstić information content (AvgIpc) is 3.53. The molecule has 1 atom stereocenters. The van der Waals surface area contributed by atoms with Crippen LogP contribution in [0.3, 0.4) is 0 Å². The van der Waals surface area contributed by atoms with Gasteiger partial charge < -0.3 is 20.5 Å². The standard InChI is InChI=1S/C21H22N4O2/c22-21-15-3-1-2-4-16(15)24-19(25-21)12-23-20(13-5-6-13)14-7-8-17-18(11-14)27-10-9-26-17/h1-4,7-8,11,13,20,23H,5-6,9-10,12H2,(H2,22,24,25). The predicted molar refractivity (Wildman–Crippen MR) is 104 cm³/mol. The van der Waals surface area contributed by atoms with Gasteiger partial charge in [-0.3, -0.25) is 0 Å². The summed E-state index contributed by atoms with van der Waals surface area (Å²) < 4.78 is 11.4. The van der Waals surface area contributed by atoms with Crippen molar-refractivity contribution in [3.05, 3.63) is 53.9 Å². The Morgan fingerprint density at radius 1 is 1.04 bits per heavy atom. The van der Waals surface area contributed by atoms with Gasteiger partial charge in [-0.25, -0.2) is 9.97 Å². The quantitative estimate of drug-likeness (QED) is 0.725. The van der Waals surface area contributed by atoms with Crippen molar-refractivity contribution in [1.82, 2.24) is 15.3 Å². The molecule has 1 aliphatic heterocycles. The minimum atomic E-state index is 0.247. The maximum atomic E-state index is 6.11. The number of nitrogens with one attached hydrogen (secondary N) is 1. The van der Waals surface area contributed by atoms with E-state index in [1.807, 2.05) is 30.3 Å². The lowest BCUT2D eigenvalue weighted by Gasteiger charge is -2.23. The van der Waals surface area contributed by atoms with Gasteiger partial charge in [0.25, 0.3) is 0 Å². The van der Waals surface area contributed by atoms with Gasteiger partial charge in [0.05, 0.1) is 12.1 Å². The lowest BCUT2D eigenvalue weighted by Crippen LogP contribution is -2.24. The molecule has 1 unspecified atom stereocenters. The van der Waals surface area contributed by atoms with Crippen molar-refractivity contribution in [3.8, 4) is 11.5 Å². The first-order valence-electron chi connectivity index (χ1n) is 9.42. The molecule has 2 aliphatic rings. The van der Waals surface area contributed by atoms with E-state index in [-0.39, 0.29) is 6.04 Å². The highest BCUT2D eigenvalue weighted by atomic mass is 16.6. The molecule has 0 saturated heterocycles. The van der Waals surface area contributed by atoms with E-state index in [9.17, 15) is 0 Å². The SMILES string of the molecule is Nc1nc(CNC(c2ccc3c(c2)OCCO3)C2CC2)nc2ccccc12. The fraction of sp³-hybridized carbons (Fsp3) is 0.333. The van der Waals surface area contributed by atoms with Crippen molar-refractivity contribution in [2.45, 2.75) is 25.4 Å². The van der Waals surface area contributed by atoms with Crippen molar-refractivity contribution in [2.24, 2.45) is 5.92 Å². The van der Waals surface area contributed by atoms with Crippen LogP contribution < -0.4 is 20.5 Å². The monoisotopic (exact) mass is 362 g/mol. The summed E-state index contributed by atoms with van der Waals surface area (Å²) in [4.78, 5) is 9.13. The Kier molecular flexibility index (Phi) is 4.05. The van der Waals surface area contributed by atoms with Crippen molar-refractivity contribution in [1.29, 1.82) is 0 Å². The highest BCUT2D eigenvalue weighted by molar-refractivity contribution is 5.87. The number of hydrogen-bond donors (Lipinski definition) is 2. The second kappa shape index (κ2) is 6.70. The van der Waals surface area contributed by atoms with Crippen molar-refractivity contribution in [2.75, 3.05) is 18.9 Å². The number of ether oxygens (including phenoxy) is 2. The molecule has 0 amide bonds. The number of hydrogen-bond acceptors (Lipinski definition) is 6. The third kappa shape index (κ3) is 3.28. The zero-order valence-electron chi connectivity index (χ0n) is 15.0. The maximum absolute atomic E-state index is 6.11. The average molecular weight is 362 g/mol. The molecule has 6 nitrogen and oxygen atoms in total. The van der Waals surface area contributed by atoms with Crippen LogP contribution >= 0.6 is 0 Å². The summed E-state index contributed by atoms with van der Waals surface area (Å²) in [7, 11) is 0. The van der Waals surface area contributed by atoms with Gasteiger partial charge in [0, 0.05) is 11.4 Å². The fourth-order valence-corrected chi connectivity index (χ4v) is 3.67. The second-order valence-corrected chi connectivity index (χ2v) is 7.14. The maximum Gasteiger partial charge on any atom is 0.161 e. The summed E-state index contributed by atoms with van der Waals surface area (Å²) in [5.41, 5.74) is 8.21. The number of aromatic nitrogens is 2. The van der Waals surface area contributed by atoms with Crippen LogP contribution in [0, 0.1) is 5.92 Å². The van der Waals surface area contributed by atoms with Crippen LogP contribution in [0.2, 0.25) is 0 Å². The zero-order valence-corrected chi connectivity index (χ0v) is 15.0. The number of nitrogen functional groups attached to an aromatic ring is 1. The first-order chi connectivity index (χ1) is 13.3. The van der Waals surface area contributed by atoms with Crippen LogP contribution in [0.4, 0.5) is 5.82 Å². The number of para-hydroxylation sites is 1. The van der Waals surface area contributed by atoms with Crippen molar-refractivity contribution < 1.29 is 9.47 Å². The molecule has 6 heteroatoms. The molecule has 27 heavy (non-hydrogen) atoms. The molecule has 3 aromatic rings. The Bertz CT molecular complexity index is 987. The topological polar surface area (TPSA) is 82.3 Å². The number of fused-ring (bicyclic) bond motifs is 2. The molecule has 5 rings (SSSR count). The summed E-state index contributed by atoms with van der Waals surface area (Å²) in [6, 6.07) is 14.3. The van der Waals surface area contributed by atoms with Crippen LogP contribution in [0.5, 0.6) is 11.5 Å². The van der Waals surface area contributed by atoms with E-state index in [0.29, 0.717) is 31.5 Å². The van der Waals surface area contributed by atoms with Gasteiger partial charge in [-0.15, -0.1) is 0 Å². The van der Waals surface area contributed by atoms with Gasteiger partial charge in [-0.2, -0.15) is 0 Å². The van der Waals surface area contributed by atoms with Crippen LogP contribution in [-0.2, 0) is 6.54 Å². The first kappa shape index (κ1) is 16.3. The molecule has 0 spiro atoms. The fourth-order valence-electron chi connectivity index (χ4n) is 3.67. The van der Waals surface area contributed by atoms with Crippen molar-refractivity contribution >= 4 is 16.7 Å². The van der Waals surface area contributed by atoms with E-state index in [4.69, 9.17) is 15.2 Å². The Balaban J connectivity index is 1.38. The Morgan fingerprint density at radius 3 is 2.70 bits per heavy atom.